The predicted octanol–water partition coefficient (Wildman–Crippen LogP) is 0.635. The van der Waals surface area contributed by atoms with Crippen molar-refractivity contribution in [1.29, 1.82) is 0 Å². The first-order valence-electron chi connectivity index (χ1n) is 6.65. The van der Waals surface area contributed by atoms with Gasteiger partial charge in [-0.15, -0.1) is 0 Å². The van der Waals surface area contributed by atoms with Crippen LogP contribution in [0.1, 0.15) is 12.5 Å². The van der Waals surface area contributed by atoms with Gasteiger partial charge in [-0.1, -0.05) is 12.1 Å². The highest BCUT2D eigenvalue weighted by molar-refractivity contribution is 7.88. The maximum absolute atomic E-state index is 11.6. The van der Waals surface area contributed by atoms with Gasteiger partial charge in [0.1, 0.15) is 5.75 Å². The Labute approximate surface area is 126 Å². The number of sulfonamides is 1. The molecule has 0 aromatic heterocycles. The lowest BCUT2D eigenvalue weighted by Gasteiger charge is -2.21. The average Bonchev–Trinajstić information content (AvgIpc) is 2.41. The zero-order chi connectivity index (χ0) is 15.9. The van der Waals surface area contributed by atoms with E-state index in [-0.39, 0.29) is 12.5 Å². The molecular weight excluding hydrogens is 292 g/mol. The molecule has 0 unspecified atom stereocenters. The summed E-state index contributed by atoms with van der Waals surface area (Å²) in [5.74, 6) is 0.703. The van der Waals surface area contributed by atoms with Crippen LogP contribution in [0.4, 0.5) is 0 Å². The number of hydrogen-bond donors (Lipinski definition) is 1. The molecule has 0 atom stereocenters. The van der Waals surface area contributed by atoms with Crippen molar-refractivity contribution in [3.8, 4) is 5.75 Å². The van der Waals surface area contributed by atoms with Gasteiger partial charge in [-0.05, 0) is 24.1 Å². The predicted molar refractivity (Wildman–Crippen MR) is 81.8 cm³/mol. The minimum atomic E-state index is -3.23. The Morgan fingerprint density at radius 2 is 2.05 bits per heavy atom. The molecule has 0 saturated heterocycles. The molecule has 1 amide bonds. The molecule has 0 bridgehead atoms. The zero-order valence-corrected chi connectivity index (χ0v) is 13.4. The molecule has 0 aliphatic heterocycles. The third-order valence-corrected chi connectivity index (χ3v) is 3.72. The molecule has 1 rings (SSSR count). The fourth-order valence-corrected chi connectivity index (χ4v) is 2.35. The van der Waals surface area contributed by atoms with Crippen LogP contribution in [0.15, 0.2) is 24.3 Å². The van der Waals surface area contributed by atoms with Gasteiger partial charge in [0.05, 0.1) is 13.4 Å². The van der Waals surface area contributed by atoms with Crippen LogP contribution in [0.3, 0.4) is 0 Å². The quantitative estimate of drug-likeness (QED) is 0.764. The molecule has 7 heteroatoms. The molecule has 0 aliphatic rings. The summed E-state index contributed by atoms with van der Waals surface area (Å²) in [5.41, 5.74) is 1.07. The van der Waals surface area contributed by atoms with E-state index in [9.17, 15) is 13.2 Å². The molecule has 0 aliphatic carbocycles. The number of nitrogens with zero attached hydrogens (tertiary/aromatic N) is 1. The van der Waals surface area contributed by atoms with E-state index in [2.05, 4.69) is 4.72 Å². The van der Waals surface area contributed by atoms with E-state index >= 15 is 0 Å². The first-order valence-corrected chi connectivity index (χ1v) is 8.54. The SMILES string of the molecule is COc1cccc(CCN(CCNS(C)(=O)=O)C(C)=O)c1. The topological polar surface area (TPSA) is 75.7 Å². The van der Waals surface area contributed by atoms with Crippen molar-refractivity contribution in [2.45, 2.75) is 13.3 Å². The van der Waals surface area contributed by atoms with Gasteiger partial charge in [-0.25, -0.2) is 13.1 Å². The second kappa shape index (κ2) is 7.99. The van der Waals surface area contributed by atoms with Crippen molar-refractivity contribution in [2.24, 2.45) is 0 Å². The molecule has 21 heavy (non-hydrogen) atoms. The normalized spacial score (nSPS) is 11.2. The standard InChI is InChI=1S/C14H22N2O4S/c1-12(17)16(10-8-15-21(3,18)19)9-7-13-5-4-6-14(11-13)20-2/h4-6,11,15H,7-10H2,1-3H3. The van der Waals surface area contributed by atoms with E-state index in [1.807, 2.05) is 24.3 Å². The zero-order valence-electron chi connectivity index (χ0n) is 12.6. The molecule has 0 saturated carbocycles. The van der Waals surface area contributed by atoms with Gasteiger partial charge in [-0.2, -0.15) is 0 Å². The highest BCUT2D eigenvalue weighted by Gasteiger charge is 2.10. The molecule has 1 N–H and O–H groups in total. The van der Waals surface area contributed by atoms with Crippen LogP contribution in [-0.2, 0) is 21.2 Å². The van der Waals surface area contributed by atoms with Crippen LogP contribution in [0.25, 0.3) is 0 Å². The minimum absolute atomic E-state index is 0.0757. The van der Waals surface area contributed by atoms with Crippen LogP contribution in [-0.4, -0.2) is 52.2 Å². The summed E-state index contributed by atoms with van der Waals surface area (Å²) in [6, 6.07) is 7.66. The molecule has 0 radical (unpaired) electrons. The Hall–Kier alpha value is -1.60. The maximum atomic E-state index is 11.6. The van der Waals surface area contributed by atoms with Crippen molar-refractivity contribution in [1.82, 2.24) is 9.62 Å². The number of nitrogens with one attached hydrogen (secondary N) is 1. The van der Waals surface area contributed by atoms with Crippen LogP contribution >= 0.6 is 0 Å². The summed E-state index contributed by atoms with van der Waals surface area (Å²) in [4.78, 5) is 13.2. The number of amides is 1. The number of carbonyl (C=O) groups excluding carboxylic acids is 1. The summed E-state index contributed by atoms with van der Waals surface area (Å²) < 4.78 is 29.5. The first-order chi connectivity index (χ1) is 9.81. The van der Waals surface area contributed by atoms with E-state index in [1.54, 1.807) is 12.0 Å². The number of ether oxygens (including phenoxy) is 1. The van der Waals surface area contributed by atoms with Crippen LogP contribution < -0.4 is 9.46 Å². The van der Waals surface area contributed by atoms with Gasteiger partial charge in [0.25, 0.3) is 0 Å². The summed E-state index contributed by atoms with van der Waals surface area (Å²) in [6.07, 6.45) is 1.79. The molecular formula is C14H22N2O4S. The van der Waals surface area contributed by atoms with Crippen LogP contribution in [0, 0.1) is 0 Å². The first kappa shape index (κ1) is 17.5. The summed E-state index contributed by atoms with van der Waals surface area (Å²) >= 11 is 0. The maximum Gasteiger partial charge on any atom is 0.219 e. The number of carbonyl (C=O) groups is 1. The van der Waals surface area contributed by atoms with Crippen molar-refractivity contribution in [3.63, 3.8) is 0 Å². The summed E-state index contributed by atoms with van der Waals surface area (Å²) in [6.45, 7) is 2.59. The number of rotatable bonds is 8. The third kappa shape index (κ3) is 7.10. The third-order valence-electron chi connectivity index (χ3n) is 3.00. The van der Waals surface area contributed by atoms with Crippen LogP contribution in [0.2, 0.25) is 0 Å². The van der Waals surface area contributed by atoms with Crippen molar-refractivity contribution >= 4 is 15.9 Å². The highest BCUT2D eigenvalue weighted by atomic mass is 32.2. The lowest BCUT2D eigenvalue weighted by molar-refractivity contribution is -0.128. The number of benzene rings is 1. The van der Waals surface area contributed by atoms with Crippen molar-refractivity contribution < 1.29 is 17.9 Å². The van der Waals surface area contributed by atoms with Crippen molar-refractivity contribution in [2.75, 3.05) is 33.0 Å². The smallest absolute Gasteiger partial charge is 0.219 e. The molecule has 0 heterocycles. The fourth-order valence-electron chi connectivity index (χ4n) is 1.88. The fraction of sp³-hybridized carbons (Fsp3) is 0.500. The minimum Gasteiger partial charge on any atom is -0.497 e. The van der Waals surface area contributed by atoms with Gasteiger partial charge >= 0.3 is 0 Å². The van der Waals surface area contributed by atoms with Crippen molar-refractivity contribution in [3.05, 3.63) is 29.8 Å². The molecule has 0 fully saturated rings. The molecule has 118 valence electrons. The molecule has 6 nitrogen and oxygen atoms in total. The van der Waals surface area contributed by atoms with Gasteiger partial charge in [0.2, 0.25) is 15.9 Å². The van der Waals surface area contributed by atoms with Gasteiger partial charge < -0.3 is 9.64 Å². The van der Waals surface area contributed by atoms with Gasteiger partial charge in [-0.3, -0.25) is 4.79 Å². The monoisotopic (exact) mass is 314 g/mol. The lowest BCUT2D eigenvalue weighted by Crippen LogP contribution is -2.38. The Kier molecular flexibility index (Phi) is 6.64. The second-order valence-electron chi connectivity index (χ2n) is 4.77. The Balaban J connectivity index is 2.52. The number of methoxy groups -OCH3 is 1. The molecule has 1 aromatic carbocycles. The van der Waals surface area contributed by atoms with Gasteiger partial charge in [0.15, 0.2) is 0 Å². The highest BCUT2D eigenvalue weighted by Crippen LogP contribution is 2.13. The van der Waals surface area contributed by atoms with Gasteiger partial charge in [0, 0.05) is 26.6 Å². The Morgan fingerprint density at radius 3 is 2.62 bits per heavy atom. The molecule has 1 aromatic rings. The van der Waals surface area contributed by atoms with E-state index in [0.29, 0.717) is 19.5 Å². The summed E-state index contributed by atoms with van der Waals surface area (Å²) in [7, 11) is -1.62. The van der Waals surface area contributed by atoms with Crippen LogP contribution in [0.5, 0.6) is 5.75 Å². The van der Waals surface area contributed by atoms with E-state index in [4.69, 9.17) is 4.74 Å². The molecule has 0 spiro atoms. The number of hydrogen-bond acceptors (Lipinski definition) is 4. The van der Waals surface area contributed by atoms with E-state index in [0.717, 1.165) is 17.6 Å². The summed E-state index contributed by atoms with van der Waals surface area (Å²) in [5, 5.41) is 0. The van der Waals surface area contributed by atoms with E-state index < -0.39 is 10.0 Å². The largest absolute Gasteiger partial charge is 0.497 e. The Morgan fingerprint density at radius 1 is 1.33 bits per heavy atom. The van der Waals surface area contributed by atoms with E-state index in [1.165, 1.54) is 6.92 Å². The average molecular weight is 314 g/mol. The second-order valence-corrected chi connectivity index (χ2v) is 6.61. The lowest BCUT2D eigenvalue weighted by atomic mass is 10.1. The Bertz CT molecular complexity index is 572.